The van der Waals surface area contributed by atoms with Gasteiger partial charge in [0.15, 0.2) is 0 Å². The molecule has 0 saturated heterocycles. The number of benzene rings is 1. The van der Waals surface area contributed by atoms with E-state index in [-0.39, 0.29) is 11.9 Å². The van der Waals surface area contributed by atoms with E-state index in [2.05, 4.69) is 10.3 Å². The molecule has 1 heterocycles. The highest BCUT2D eigenvalue weighted by Gasteiger charge is 2.13. The van der Waals surface area contributed by atoms with Gasteiger partial charge in [0.2, 0.25) is 5.91 Å². The number of nitrogens with one attached hydrogen (secondary N) is 1. The van der Waals surface area contributed by atoms with Crippen molar-refractivity contribution in [2.45, 2.75) is 26.8 Å². The number of carbonyl (C=O) groups excluding carboxylic acids is 1. The molecule has 116 valence electrons. The summed E-state index contributed by atoms with van der Waals surface area (Å²) in [7, 11) is 1.63. The molecule has 5 heteroatoms. The van der Waals surface area contributed by atoms with Crippen LogP contribution in [0.4, 0.5) is 0 Å². The van der Waals surface area contributed by atoms with Gasteiger partial charge in [-0.3, -0.25) is 4.79 Å². The van der Waals surface area contributed by atoms with Crippen molar-refractivity contribution in [3.05, 3.63) is 51.5 Å². The zero-order valence-corrected chi connectivity index (χ0v) is 14.0. The van der Waals surface area contributed by atoms with Crippen molar-refractivity contribution in [3.63, 3.8) is 0 Å². The quantitative estimate of drug-likeness (QED) is 0.857. The standard InChI is InChI=1S/C17H20N2O2S/c1-11-5-7-16(21-4)15(9-11)12(2)18-17(20)8-6-14-10-22-13(3)19-14/h5-10,12H,1-4H3,(H,18,20)/b8-6+. The third-order valence-electron chi connectivity index (χ3n) is 3.25. The van der Waals surface area contributed by atoms with Crippen molar-refractivity contribution in [2.24, 2.45) is 0 Å². The van der Waals surface area contributed by atoms with Crippen molar-refractivity contribution >= 4 is 23.3 Å². The Morgan fingerprint density at radius 2 is 2.18 bits per heavy atom. The zero-order chi connectivity index (χ0) is 16.1. The molecule has 0 bridgehead atoms. The van der Waals surface area contributed by atoms with Gasteiger partial charge < -0.3 is 10.1 Å². The highest BCUT2D eigenvalue weighted by Crippen LogP contribution is 2.26. The van der Waals surface area contributed by atoms with Crippen LogP contribution >= 0.6 is 11.3 Å². The molecule has 1 atom stereocenters. The average molecular weight is 316 g/mol. The lowest BCUT2D eigenvalue weighted by molar-refractivity contribution is -0.117. The number of ether oxygens (including phenoxy) is 1. The molecule has 1 aromatic heterocycles. The number of methoxy groups -OCH3 is 1. The van der Waals surface area contributed by atoms with E-state index in [1.54, 1.807) is 24.5 Å². The maximum atomic E-state index is 12.0. The van der Waals surface area contributed by atoms with Crippen LogP contribution in [0.2, 0.25) is 0 Å². The van der Waals surface area contributed by atoms with E-state index < -0.39 is 0 Å². The van der Waals surface area contributed by atoms with E-state index in [0.29, 0.717) is 0 Å². The van der Waals surface area contributed by atoms with E-state index in [1.807, 2.05) is 44.4 Å². The van der Waals surface area contributed by atoms with Gasteiger partial charge in [-0.25, -0.2) is 4.98 Å². The molecule has 1 unspecified atom stereocenters. The van der Waals surface area contributed by atoms with E-state index in [9.17, 15) is 4.79 Å². The second-order valence-electron chi connectivity index (χ2n) is 5.10. The Morgan fingerprint density at radius 1 is 1.41 bits per heavy atom. The van der Waals surface area contributed by atoms with Gasteiger partial charge >= 0.3 is 0 Å². The normalized spacial score (nSPS) is 12.4. The fourth-order valence-electron chi connectivity index (χ4n) is 2.15. The maximum absolute atomic E-state index is 12.0. The van der Waals surface area contributed by atoms with E-state index in [1.165, 1.54) is 6.08 Å². The summed E-state index contributed by atoms with van der Waals surface area (Å²) >= 11 is 1.56. The van der Waals surface area contributed by atoms with Gasteiger partial charge in [0.25, 0.3) is 0 Å². The molecule has 1 aromatic carbocycles. The maximum Gasteiger partial charge on any atom is 0.244 e. The lowest BCUT2D eigenvalue weighted by Crippen LogP contribution is -2.25. The Hall–Kier alpha value is -2.14. The first-order valence-corrected chi connectivity index (χ1v) is 7.93. The highest BCUT2D eigenvalue weighted by atomic mass is 32.1. The second kappa shape index (κ2) is 7.22. The summed E-state index contributed by atoms with van der Waals surface area (Å²) in [5.41, 5.74) is 2.90. The second-order valence-corrected chi connectivity index (χ2v) is 6.16. The van der Waals surface area contributed by atoms with Gasteiger partial charge in [0, 0.05) is 17.0 Å². The fourth-order valence-corrected chi connectivity index (χ4v) is 2.73. The summed E-state index contributed by atoms with van der Waals surface area (Å²) in [5, 5.41) is 5.85. The van der Waals surface area contributed by atoms with Crippen molar-refractivity contribution in [1.29, 1.82) is 0 Å². The van der Waals surface area contributed by atoms with Gasteiger partial charge in [-0.2, -0.15) is 0 Å². The summed E-state index contributed by atoms with van der Waals surface area (Å²) in [4.78, 5) is 16.3. The molecular formula is C17H20N2O2S. The number of hydrogen-bond donors (Lipinski definition) is 1. The Bertz CT molecular complexity index is 692. The Labute approximate surface area is 134 Å². The Morgan fingerprint density at radius 3 is 2.82 bits per heavy atom. The molecule has 0 spiro atoms. The lowest BCUT2D eigenvalue weighted by Gasteiger charge is -2.17. The molecule has 2 rings (SSSR count). The van der Waals surface area contributed by atoms with Crippen LogP contribution in [0.15, 0.2) is 29.7 Å². The van der Waals surface area contributed by atoms with Crippen molar-refractivity contribution in [3.8, 4) is 5.75 Å². The summed E-state index contributed by atoms with van der Waals surface area (Å²) in [6.45, 7) is 5.89. The monoisotopic (exact) mass is 316 g/mol. The van der Waals surface area contributed by atoms with Gasteiger partial charge in [-0.1, -0.05) is 17.7 Å². The number of hydrogen-bond acceptors (Lipinski definition) is 4. The van der Waals surface area contributed by atoms with Crippen LogP contribution in [0.1, 0.15) is 34.8 Å². The van der Waals surface area contributed by atoms with Crippen LogP contribution in [0.5, 0.6) is 5.75 Å². The molecule has 22 heavy (non-hydrogen) atoms. The van der Waals surface area contributed by atoms with E-state index >= 15 is 0 Å². The number of rotatable bonds is 5. The van der Waals surface area contributed by atoms with Gasteiger partial charge in [0.05, 0.1) is 23.9 Å². The SMILES string of the molecule is COc1ccc(C)cc1C(C)NC(=O)/C=C/c1csc(C)n1. The van der Waals surface area contributed by atoms with Gasteiger partial charge in [-0.15, -0.1) is 11.3 Å². The largest absolute Gasteiger partial charge is 0.496 e. The predicted octanol–water partition coefficient (Wildman–Crippen LogP) is 3.66. The van der Waals surface area contributed by atoms with E-state index in [4.69, 9.17) is 4.74 Å². The van der Waals surface area contributed by atoms with Crippen LogP contribution in [-0.2, 0) is 4.79 Å². The molecule has 2 aromatic rings. The number of aryl methyl sites for hydroxylation is 2. The van der Waals surface area contributed by atoms with Crippen molar-refractivity contribution in [1.82, 2.24) is 10.3 Å². The molecule has 0 aliphatic heterocycles. The zero-order valence-electron chi connectivity index (χ0n) is 13.2. The van der Waals surface area contributed by atoms with Crippen LogP contribution in [0, 0.1) is 13.8 Å². The predicted molar refractivity (Wildman–Crippen MR) is 90.2 cm³/mol. The number of aromatic nitrogens is 1. The highest BCUT2D eigenvalue weighted by molar-refractivity contribution is 7.09. The summed E-state index contributed by atoms with van der Waals surface area (Å²) in [6.07, 6.45) is 3.23. The molecule has 0 aliphatic rings. The lowest BCUT2D eigenvalue weighted by atomic mass is 10.0. The first-order chi connectivity index (χ1) is 10.5. The van der Waals surface area contributed by atoms with Crippen LogP contribution in [0.3, 0.4) is 0 Å². The summed E-state index contributed by atoms with van der Waals surface area (Å²) in [5.74, 6) is 0.624. The smallest absolute Gasteiger partial charge is 0.244 e. The molecule has 1 amide bonds. The van der Waals surface area contributed by atoms with Gasteiger partial charge in [0.1, 0.15) is 5.75 Å². The molecular weight excluding hydrogens is 296 g/mol. The molecule has 4 nitrogen and oxygen atoms in total. The minimum atomic E-state index is -0.151. The summed E-state index contributed by atoms with van der Waals surface area (Å²) < 4.78 is 5.36. The van der Waals surface area contributed by atoms with Crippen molar-refractivity contribution in [2.75, 3.05) is 7.11 Å². The molecule has 0 fully saturated rings. The van der Waals surface area contributed by atoms with Crippen LogP contribution in [-0.4, -0.2) is 18.0 Å². The topological polar surface area (TPSA) is 51.2 Å². The minimum absolute atomic E-state index is 0.135. The average Bonchev–Trinajstić information content (AvgIpc) is 2.90. The first-order valence-electron chi connectivity index (χ1n) is 7.05. The number of thiazole rings is 1. The third kappa shape index (κ3) is 4.18. The number of amides is 1. The van der Waals surface area contributed by atoms with Gasteiger partial charge in [-0.05, 0) is 32.9 Å². The molecule has 0 radical (unpaired) electrons. The Kier molecular flexibility index (Phi) is 5.33. The Balaban J connectivity index is 2.05. The first kappa shape index (κ1) is 16.2. The number of carbonyl (C=O) groups is 1. The number of nitrogens with zero attached hydrogens (tertiary/aromatic N) is 1. The fraction of sp³-hybridized carbons (Fsp3) is 0.294. The van der Waals surface area contributed by atoms with Crippen LogP contribution < -0.4 is 10.1 Å². The van der Waals surface area contributed by atoms with E-state index in [0.717, 1.165) is 27.6 Å². The minimum Gasteiger partial charge on any atom is -0.496 e. The summed E-state index contributed by atoms with van der Waals surface area (Å²) in [6, 6.07) is 5.80. The van der Waals surface area contributed by atoms with Crippen LogP contribution in [0.25, 0.3) is 6.08 Å². The third-order valence-corrected chi connectivity index (χ3v) is 4.04. The molecule has 1 N–H and O–H groups in total. The van der Waals surface area contributed by atoms with Crippen molar-refractivity contribution < 1.29 is 9.53 Å². The molecule has 0 aliphatic carbocycles. The molecule has 0 saturated carbocycles.